The number of aryl methyl sites for hydroxylation is 1. The van der Waals surface area contributed by atoms with Crippen molar-refractivity contribution < 1.29 is 4.74 Å². The molecule has 2 rings (SSSR count). The predicted molar refractivity (Wildman–Crippen MR) is 85.4 cm³/mol. The van der Waals surface area contributed by atoms with Gasteiger partial charge in [-0.3, -0.25) is 4.68 Å². The molecule has 0 radical (unpaired) electrons. The van der Waals surface area contributed by atoms with E-state index in [1.807, 2.05) is 31.4 Å². The summed E-state index contributed by atoms with van der Waals surface area (Å²) in [5.74, 6) is 0.888. The van der Waals surface area contributed by atoms with E-state index < -0.39 is 0 Å². The molecule has 4 heteroatoms. The van der Waals surface area contributed by atoms with Crippen LogP contribution in [0.4, 0.5) is 0 Å². The average Bonchev–Trinajstić information content (AvgIpc) is 2.90. The molecule has 0 amide bonds. The second kappa shape index (κ2) is 7.84. The smallest absolute Gasteiger partial charge is 0.132 e. The molecule has 0 aliphatic carbocycles. The number of rotatable bonds is 8. The van der Waals surface area contributed by atoms with E-state index in [1.165, 1.54) is 12.0 Å². The molecule has 2 aromatic rings. The number of nitrogens with zero attached hydrogens (tertiary/aromatic N) is 2. The third-order valence-corrected chi connectivity index (χ3v) is 3.36. The standard InChI is InChI=1S/C17H25N3O/c1-4-10-18-14(2)12-15-5-7-17(8-6-15)21-13-16-9-11-20(3)19-16/h5-9,11,14,18H,4,10,12-13H2,1-3H3. The van der Waals surface area contributed by atoms with Crippen molar-refractivity contribution in [2.24, 2.45) is 7.05 Å². The predicted octanol–water partition coefficient (Wildman–Crippen LogP) is 2.93. The van der Waals surface area contributed by atoms with Crippen LogP contribution >= 0.6 is 0 Å². The third-order valence-electron chi connectivity index (χ3n) is 3.36. The zero-order valence-electron chi connectivity index (χ0n) is 13.2. The van der Waals surface area contributed by atoms with E-state index in [4.69, 9.17) is 4.74 Å². The quantitative estimate of drug-likeness (QED) is 0.811. The van der Waals surface area contributed by atoms with Crippen LogP contribution in [0, 0.1) is 0 Å². The van der Waals surface area contributed by atoms with Gasteiger partial charge in [-0.2, -0.15) is 5.10 Å². The Morgan fingerprint density at radius 1 is 1.24 bits per heavy atom. The number of hydrogen-bond acceptors (Lipinski definition) is 3. The number of ether oxygens (including phenoxy) is 1. The van der Waals surface area contributed by atoms with Gasteiger partial charge in [-0.1, -0.05) is 19.1 Å². The summed E-state index contributed by atoms with van der Waals surface area (Å²) in [7, 11) is 1.91. The maximum atomic E-state index is 5.74. The molecule has 1 atom stereocenters. The molecule has 114 valence electrons. The van der Waals surface area contributed by atoms with Crippen molar-refractivity contribution in [1.82, 2.24) is 15.1 Å². The van der Waals surface area contributed by atoms with Crippen molar-refractivity contribution in [1.29, 1.82) is 0 Å². The van der Waals surface area contributed by atoms with Crippen LogP contribution in [0.25, 0.3) is 0 Å². The number of benzene rings is 1. The van der Waals surface area contributed by atoms with E-state index in [9.17, 15) is 0 Å². The van der Waals surface area contributed by atoms with Crippen molar-refractivity contribution in [2.45, 2.75) is 39.3 Å². The Morgan fingerprint density at radius 2 is 2.00 bits per heavy atom. The summed E-state index contributed by atoms with van der Waals surface area (Å²) in [4.78, 5) is 0. The van der Waals surface area contributed by atoms with Crippen LogP contribution in [-0.2, 0) is 20.1 Å². The Morgan fingerprint density at radius 3 is 2.62 bits per heavy atom. The van der Waals surface area contributed by atoms with Crippen molar-refractivity contribution in [2.75, 3.05) is 6.54 Å². The van der Waals surface area contributed by atoms with Gasteiger partial charge in [-0.05, 0) is 50.1 Å². The topological polar surface area (TPSA) is 39.1 Å². The van der Waals surface area contributed by atoms with Gasteiger partial charge >= 0.3 is 0 Å². The number of nitrogens with one attached hydrogen (secondary N) is 1. The summed E-state index contributed by atoms with van der Waals surface area (Å²) in [5.41, 5.74) is 2.27. The molecule has 1 aromatic carbocycles. The lowest BCUT2D eigenvalue weighted by Gasteiger charge is -2.13. The molecule has 0 spiro atoms. The Hall–Kier alpha value is -1.81. The first-order valence-electron chi connectivity index (χ1n) is 7.61. The highest BCUT2D eigenvalue weighted by molar-refractivity contribution is 5.27. The van der Waals surface area contributed by atoms with Crippen LogP contribution in [0.1, 0.15) is 31.5 Å². The fourth-order valence-electron chi connectivity index (χ4n) is 2.24. The van der Waals surface area contributed by atoms with Gasteiger partial charge < -0.3 is 10.1 Å². The van der Waals surface area contributed by atoms with Crippen LogP contribution < -0.4 is 10.1 Å². The molecule has 0 bridgehead atoms. The second-order valence-corrected chi connectivity index (χ2v) is 5.47. The maximum absolute atomic E-state index is 5.74. The molecule has 0 aliphatic heterocycles. The monoisotopic (exact) mass is 287 g/mol. The highest BCUT2D eigenvalue weighted by atomic mass is 16.5. The van der Waals surface area contributed by atoms with Crippen molar-refractivity contribution >= 4 is 0 Å². The van der Waals surface area contributed by atoms with E-state index in [1.54, 1.807) is 4.68 Å². The lowest BCUT2D eigenvalue weighted by molar-refractivity contribution is 0.300. The lowest BCUT2D eigenvalue weighted by Crippen LogP contribution is -2.28. The van der Waals surface area contributed by atoms with Gasteiger partial charge in [0.2, 0.25) is 0 Å². The van der Waals surface area contributed by atoms with Gasteiger partial charge in [0.15, 0.2) is 0 Å². The Labute approximate surface area is 127 Å². The molecular weight excluding hydrogens is 262 g/mol. The second-order valence-electron chi connectivity index (χ2n) is 5.47. The first-order valence-corrected chi connectivity index (χ1v) is 7.61. The Balaban J connectivity index is 1.81. The first kappa shape index (κ1) is 15.6. The van der Waals surface area contributed by atoms with Gasteiger partial charge in [0.1, 0.15) is 12.4 Å². The summed E-state index contributed by atoms with van der Waals surface area (Å²) in [6.45, 7) is 6.00. The minimum atomic E-state index is 0.505. The first-order chi connectivity index (χ1) is 10.2. The molecule has 1 N–H and O–H groups in total. The summed E-state index contributed by atoms with van der Waals surface area (Å²) in [5, 5.41) is 7.80. The molecule has 1 unspecified atom stereocenters. The van der Waals surface area contributed by atoms with Crippen LogP contribution in [0.5, 0.6) is 5.75 Å². The molecular formula is C17H25N3O. The van der Waals surface area contributed by atoms with Gasteiger partial charge in [-0.25, -0.2) is 0 Å². The van der Waals surface area contributed by atoms with Crippen LogP contribution in [0.15, 0.2) is 36.5 Å². The summed E-state index contributed by atoms with van der Waals surface area (Å²) in [6, 6.07) is 10.8. The molecule has 1 heterocycles. The molecule has 0 saturated carbocycles. The SMILES string of the molecule is CCCNC(C)Cc1ccc(OCc2ccn(C)n2)cc1. The summed E-state index contributed by atoms with van der Waals surface area (Å²) < 4.78 is 7.52. The summed E-state index contributed by atoms with van der Waals surface area (Å²) in [6.07, 6.45) is 4.14. The summed E-state index contributed by atoms with van der Waals surface area (Å²) >= 11 is 0. The zero-order chi connectivity index (χ0) is 15.1. The molecule has 0 aliphatic rings. The highest BCUT2D eigenvalue weighted by Gasteiger charge is 2.03. The van der Waals surface area contributed by atoms with Gasteiger partial charge in [-0.15, -0.1) is 0 Å². The molecule has 0 fully saturated rings. The van der Waals surface area contributed by atoms with Gasteiger partial charge in [0.05, 0.1) is 5.69 Å². The van der Waals surface area contributed by atoms with Gasteiger partial charge in [0, 0.05) is 19.3 Å². The zero-order valence-corrected chi connectivity index (χ0v) is 13.2. The normalized spacial score (nSPS) is 12.3. The van der Waals surface area contributed by atoms with Crippen molar-refractivity contribution in [3.8, 4) is 5.75 Å². The molecule has 4 nitrogen and oxygen atoms in total. The largest absolute Gasteiger partial charge is 0.487 e. The average molecular weight is 287 g/mol. The Kier molecular flexibility index (Phi) is 5.81. The number of hydrogen-bond donors (Lipinski definition) is 1. The molecule has 21 heavy (non-hydrogen) atoms. The lowest BCUT2D eigenvalue weighted by atomic mass is 10.1. The molecule has 0 saturated heterocycles. The van der Waals surface area contributed by atoms with Crippen molar-refractivity contribution in [3.63, 3.8) is 0 Å². The van der Waals surface area contributed by atoms with E-state index >= 15 is 0 Å². The number of aromatic nitrogens is 2. The van der Waals surface area contributed by atoms with E-state index in [0.29, 0.717) is 12.6 Å². The van der Waals surface area contributed by atoms with Crippen LogP contribution in [-0.4, -0.2) is 22.4 Å². The fraction of sp³-hybridized carbons (Fsp3) is 0.471. The minimum absolute atomic E-state index is 0.505. The minimum Gasteiger partial charge on any atom is -0.487 e. The van der Waals surface area contributed by atoms with Crippen molar-refractivity contribution in [3.05, 3.63) is 47.8 Å². The molecule has 1 aromatic heterocycles. The van der Waals surface area contributed by atoms with Crippen LogP contribution in [0.3, 0.4) is 0 Å². The van der Waals surface area contributed by atoms with E-state index in [2.05, 4.69) is 36.4 Å². The van der Waals surface area contributed by atoms with E-state index in [-0.39, 0.29) is 0 Å². The van der Waals surface area contributed by atoms with E-state index in [0.717, 1.165) is 24.4 Å². The van der Waals surface area contributed by atoms with Crippen LogP contribution in [0.2, 0.25) is 0 Å². The maximum Gasteiger partial charge on any atom is 0.132 e. The third kappa shape index (κ3) is 5.23. The fourth-order valence-corrected chi connectivity index (χ4v) is 2.24. The van der Waals surface area contributed by atoms with Gasteiger partial charge in [0.25, 0.3) is 0 Å². The Bertz CT molecular complexity index is 533. The highest BCUT2D eigenvalue weighted by Crippen LogP contribution is 2.15.